The Bertz CT molecular complexity index is 1260. The quantitative estimate of drug-likeness (QED) is 0.0503. The van der Waals surface area contributed by atoms with Gasteiger partial charge in [0.2, 0.25) is 5.52 Å². The monoisotopic (exact) mass is 669 g/mol. The third-order valence-corrected chi connectivity index (χ3v) is 8.97. The van der Waals surface area contributed by atoms with Gasteiger partial charge in [-0.1, -0.05) is 115 Å². The lowest BCUT2D eigenvalue weighted by Gasteiger charge is -2.19. The summed E-state index contributed by atoms with van der Waals surface area (Å²) in [5.74, 6) is 0.550. The summed E-state index contributed by atoms with van der Waals surface area (Å²) in [5, 5.41) is 3.98. The number of aromatic nitrogens is 1. The second-order valence-corrected chi connectivity index (χ2v) is 13.0. The molecule has 9 heteroatoms. The number of hydrogen-bond acceptors (Lipinski definition) is 6. The van der Waals surface area contributed by atoms with Crippen molar-refractivity contribution in [2.24, 2.45) is 0 Å². The Balaban J connectivity index is 1.26. The van der Waals surface area contributed by atoms with Gasteiger partial charge in [0.05, 0.1) is 12.2 Å². The molecule has 2 unspecified atom stereocenters. The smallest absolute Gasteiger partial charge is 0.407 e. The zero-order chi connectivity index (χ0) is 33.4. The van der Waals surface area contributed by atoms with Crippen LogP contribution in [0, 0.1) is 0 Å². The second-order valence-electron chi connectivity index (χ2n) is 12.1. The fourth-order valence-corrected chi connectivity index (χ4v) is 6.33. The van der Waals surface area contributed by atoms with Gasteiger partial charge in [-0.2, -0.15) is 4.57 Å². The number of pyridine rings is 1. The highest BCUT2D eigenvalue weighted by Gasteiger charge is 2.20. The molecule has 2 N–H and O–H groups in total. The minimum Gasteiger partial charge on any atom is -0.447 e. The lowest BCUT2D eigenvalue weighted by molar-refractivity contribution is -0.662. The lowest BCUT2D eigenvalue weighted by Crippen LogP contribution is -2.34. The summed E-state index contributed by atoms with van der Waals surface area (Å²) >= 11 is 0. The number of nitrogens with one attached hydrogen (secondary N) is 1. The van der Waals surface area contributed by atoms with Gasteiger partial charge in [-0.15, -0.1) is 0 Å². The molecule has 1 amide bonds. The SMILES string of the molecule is CCCCCCCCCCCCCCCCNC(=O)OCC(COP(O)Oc1ccccc1C[n+]1cccc2ccccc21)OCC. The largest absolute Gasteiger partial charge is 0.447 e. The van der Waals surface area contributed by atoms with E-state index in [0.29, 0.717) is 25.4 Å². The first kappa shape index (κ1) is 38.7. The highest BCUT2D eigenvalue weighted by atomic mass is 31.2. The number of unbranched alkanes of at least 4 members (excludes halogenated alkanes) is 13. The maximum Gasteiger partial charge on any atom is 0.407 e. The number of benzene rings is 2. The van der Waals surface area contributed by atoms with Crippen molar-refractivity contribution >= 4 is 25.6 Å². The molecule has 2 aromatic carbocycles. The van der Waals surface area contributed by atoms with Crippen LogP contribution in [0.1, 0.15) is 109 Å². The molecule has 3 aromatic rings. The number of alkyl carbamates (subject to hydrolysis) is 1. The van der Waals surface area contributed by atoms with Gasteiger partial charge in [-0.25, -0.2) is 4.79 Å². The maximum absolute atomic E-state index is 12.2. The third-order valence-electron chi connectivity index (χ3n) is 8.25. The standard InChI is InChI=1S/C38H57N2O6P/c1-3-5-6-7-8-9-10-11-12-13-14-15-16-21-28-39-38(41)44-31-35(43-4-2)32-45-47(42)46-37-27-20-18-24-34(37)30-40-29-22-25-33-23-17-19-26-36(33)40/h17-20,22-27,29,35,42H,3-16,21,28,30-32H2,1-2H3/p+1. The first-order valence-corrected chi connectivity index (χ1v) is 19.0. The van der Waals surface area contributed by atoms with E-state index in [1.54, 1.807) is 0 Å². The van der Waals surface area contributed by atoms with Gasteiger partial charge in [0, 0.05) is 30.7 Å². The summed E-state index contributed by atoms with van der Waals surface area (Å²) in [5.41, 5.74) is 2.02. The van der Waals surface area contributed by atoms with Crippen molar-refractivity contribution in [2.75, 3.05) is 26.4 Å². The summed E-state index contributed by atoms with van der Waals surface area (Å²) in [7, 11) is -2.22. The van der Waals surface area contributed by atoms with Crippen LogP contribution in [0.5, 0.6) is 5.75 Å². The molecule has 260 valence electrons. The van der Waals surface area contributed by atoms with Gasteiger partial charge < -0.3 is 24.2 Å². The molecule has 8 nitrogen and oxygen atoms in total. The van der Waals surface area contributed by atoms with E-state index in [2.05, 4.69) is 35.0 Å². The predicted molar refractivity (Wildman–Crippen MR) is 190 cm³/mol. The fraction of sp³-hybridized carbons (Fsp3) is 0.579. The number of ether oxygens (including phenoxy) is 2. The van der Waals surface area contributed by atoms with Crippen molar-refractivity contribution in [2.45, 2.75) is 116 Å². The first-order valence-electron chi connectivity index (χ1n) is 17.9. The number of carbonyl (C=O) groups excluding carboxylic acids is 1. The molecule has 0 radical (unpaired) electrons. The number of nitrogens with zero attached hydrogens (tertiary/aromatic N) is 1. The van der Waals surface area contributed by atoms with Crippen LogP contribution in [-0.4, -0.2) is 43.5 Å². The van der Waals surface area contributed by atoms with Gasteiger partial charge in [0.15, 0.2) is 12.7 Å². The van der Waals surface area contributed by atoms with E-state index in [1.807, 2.05) is 55.6 Å². The lowest BCUT2D eigenvalue weighted by atomic mass is 10.0. The molecule has 0 aliphatic carbocycles. The molecule has 0 bridgehead atoms. The van der Waals surface area contributed by atoms with Crippen LogP contribution in [0.3, 0.4) is 0 Å². The Morgan fingerprint density at radius 1 is 0.787 bits per heavy atom. The molecule has 2 atom stereocenters. The van der Waals surface area contributed by atoms with Crippen molar-refractivity contribution in [3.8, 4) is 5.75 Å². The number of hydrogen-bond donors (Lipinski definition) is 2. The Morgan fingerprint density at radius 2 is 1.40 bits per heavy atom. The molecular formula is C38H58N2O6P+. The van der Waals surface area contributed by atoms with Crippen molar-refractivity contribution in [1.29, 1.82) is 0 Å². The molecule has 0 spiro atoms. The van der Waals surface area contributed by atoms with Crippen LogP contribution >= 0.6 is 8.60 Å². The number of rotatable bonds is 26. The van der Waals surface area contributed by atoms with Crippen molar-refractivity contribution in [3.63, 3.8) is 0 Å². The molecule has 0 saturated carbocycles. The highest BCUT2D eigenvalue weighted by molar-refractivity contribution is 7.41. The third kappa shape index (κ3) is 16.3. The van der Waals surface area contributed by atoms with Gasteiger partial charge in [0.1, 0.15) is 18.5 Å². The number of para-hydroxylation sites is 2. The first-order chi connectivity index (χ1) is 23.1. The van der Waals surface area contributed by atoms with Crippen LogP contribution in [0.4, 0.5) is 4.79 Å². The second kappa shape index (κ2) is 24.4. The van der Waals surface area contributed by atoms with Crippen LogP contribution < -0.4 is 14.4 Å². The Morgan fingerprint density at radius 3 is 2.11 bits per heavy atom. The van der Waals surface area contributed by atoms with E-state index in [1.165, 1.54) is 77.0 Å². The molecule has 1 aromatic heterocycles. The predicted octanol–water partition coefficient (Wildman–Crippen LogP) is 9.40. The Kier molecular flexibility index (Phi) is 20.1. The van der Waals surface area contributed by atoms with E-state index in [-0.39, 0.29) is 13.2 Å². The zero-order valence-electron chi connectivity index (χ0n) is 28.7. The summed E-state index contributed by atoms with van der Waals surface area (Å²) in [6.45, 7) is 5.78. The van der Waals surface area contributed by atoms with Crippen LogP contribution in [0.15, 0.2) is 66.9 Å². The molecule has 3 rings (SSSR count). The van der Waals surface area contributed by atoms with E-state index < -0.39 is 20.8 Å². The minimum absolute atomic E-state index is 0.0237. The van der Waals surface area contributed by atoms with Crippen molar-refractivity contribution in [3.05, 3.63) is 72.4 Å². The van der Waals surface area contributed by atoms with Gasteiger partial charge >= 0.3 is 14.7 Å². The van der Waals surface area contributed by atoms with Crippen LogP contribution in [0.25, 0.3) is 10.9 Å². The normalized spacial score (nSPS) is 12.6. The molecule has 0 fully saturated rings. The molecule has 1 heterocycles. The van der Waals surface area contributed by atoms with Gasteiger partial charge in [0.25, 0.3) is 0 Å². The average molecular weight is 670 g/mol. The summed E-state index contributed by atoms with van der Waals surface area (Å²) in [6, 6.07) is 19.9. The van der Waals surface area contributed by atoms with Gasteiger partial charge in [-0.05, 0) is 37.6 Å². The number of carbonyl (C=O) groups is 1. The number of fused-ring (bicyclic) bond motifs is 1. The topological polar surface area (TPSA) is 90.1 Å². The summed E-state index contributed by atoms with van der Waals surface area (Å²) in [6.07, 6.45) is 19.3. The zero-order valence-corrected chi connectivity index (χ0v) is 29.6. The highest BCUT2D eigenvalue weighted by Crippen LogP contribution is 2.37. The number of amides is 1. The summed E-state index contributed by atoms with van der Waals surface area (Å²) < 4.78 is 24.6. The van der Waals surface area contributed by atoms with Crippen LogP contribution in [0.2, 0.25) is 0 Å². The van der Waals surface area contributed by atoms with Crippen molar-refractivity contribution in [1.82, 2.24) is 5.32 Å². The van der Waals surface area contributed by atoms with E-state index in [4.69, 9.17) is 18.5 Å². The van der Waals surface area contributed by atoms with E-state index in [0.717, 1.165) is 29.3 Å². The molecular weight excluding hydrogens is 611 g/mol. The molecule has 47 heavy (non-hydrogen) atoms. The molecule has 0 aliphatic rings. The molecule has 0 saturated heterocycles. The van der Waals surface area contributed by atoms with Crippen LogP contribution in [-0.2, 0) is 20.5 Å². The maximum atomic E-state index is 12.2. The Hall–Kier alpha value is -2.77. The molecule has 0 aliphatic heterocycles. The van der Waals surface area contributed by atoms with E-state index in [9.17, 15) is 9.69 Å². The van der Waals surface area contributed by atoms with E-state index >= 15 is 0 Å². The minimum atomic E-state index is -2.22. The van der Waals surface area contributed by atoms with Crippen molar-refractivity contribution < 1.29 is 32.8 Å². The average Bonchev–Trinajstić information content (AvgIpc) is 3.08. The fourth-order valence-electron chi connectivity index (χ4n) is 5.63. The summed E-state index contributed by atoms with van der Waals surface area (Å²) in [4.78, 5) is 22.8. The van der Waals surface area contributed by atoms with Gasteiger partial charge in [-0.3, -0.25) is 4.52 Å². The Labute approximate surface area is 284 Å².